The van der Waals surface area contributed by atoms with Gasteiger partial charge in [0, 0.05) is 6.04 Å². The van der Waals surface area contributed by atoms with Crippen molar-refractivity contribution in [2.45, 2.75) is 51.2 Å². The molecule has 94 valence electrons. The van der Waals surface area contributed by atoms with Crippen molar-refractivity contribution in [3.8, 4) is 5.75 Å². The number of nitrogens with one attached hydrogen (secondary N) is 1. The summed E-state index contributed by atoms with van der Waals surface area (Å²) >= 11 is 0. The molecule has 17 heavy (non-hydrogen) atoms. The third-order valence-electron chi connectivity index (χ3n) is 3.36. The first-order chi connectivity index (χ1) is 8.38. The number of benzene rings is 1. The van der Waals surface area contributed by atoms with Gasteiger partial charge >= 0.3 is 0 Å². The smallest absolute Gasteiger partial charge is 0.119 e. The highest BCUT2D eigenvalue weighted by molar-refractivity contribution is 5.21. The highest BCUT2D eigenvalue weighted by Crippen LogP contribution is 2.23. The second kappa shape index (κ2) is 6.65. The number of rotatable bonds is 5. The minimum Gasteiger partial charge on any atom is -0.490 e. The van der Waals surface area contributed by atoms with E-state index in [-0.39, 0.29) is 0 Å². The van der Waals surface area contributed by atoms with E-state index in [1.807, 2.05) is 30.3 Å². The first kappa shape index (κ1) is 12.4. The number of ether oxygens (including phenoxy) is 1. The lowest BCUT2D eigenvalue weighted by Crippen LogP contribution is -2.38. The van der Waals surface area contributed by atoms with Crippen molar-refractivity contribution in [3.63, 3.8) is 0 Å². The Morgan fingerprint density at radius 2 is 2.06 bits per heavy atom. The van der Waals surface area contributed by atoms with Crippen molar-refractivity contribution < 1.29 is 4.74 Å². The molecular weight excluding hydrogens is 210 g/mol. The van der Waals surface area contributed by atoms with E-state index in [1.54, 1.807) is 0 Å². The standard InChI is InChI=1S/C15H23NO/c1-2-11-16-13-7-6-10-15(12-13)17-14-8-4-3-5-9-14/h3-5,8-9,13,15-16H,2,6-7,10-12H2,1H3. The number of hydrogen-bond acceptors (Lipinski definition) is 2. The molecule has 1 aromatic carbocycles. The molecule has 0 spiro atoms. The molecule has 2 rings (SSSR count). The van der Waals surface area contributed by atoms with Crippen molar-refractivity contribution in [1.82, 2.24) is 5.32 Å². The Kier molecular flexibility index (Phi) is 4.87. The monoisotopic (exact) mass is 233 g/mol. The highest BCUT2D eigenvalue weighted by Gasteiger charge is 2.22. The van der Waals surface area contributed by atoms with Gasteiger partial charge in [-0.1, -0.05) is 25.1 Å². The Labute approximate surface area is 104 Å². The fraction of sp³-hybridized carbons (Fsp3) is 0.600. The maximum atomic E-state index is 6.03. The summed E-state index contributed by atoms with van der Waals surface area (Å²) in [4.78, 5) is 0. The van der Waals surface area contributed by atoms with Crippen LogP contribution in [0.4, 0.5) is 0 Å². The predicted octanol–water partition coefficient (Wildman–Crippen LogP) is 3.38. The molecule has 1 aromatic rings. The molecule has 0 bridgehead atoms. The van der Waals surface area contributed by atoms with E-state index in [0.29, 0.717) is 12.1 Å². The largest absolute Gasteiger partial charge is 0.490 e. The molecule has 0 saturated heterocycles. The van der Waals surface area contributed by atoms with Gasteiger partial charge in [-0.05, 0) is 50.8 Å². The zero-order chi connectivity index (χ0) is 11.9. The summed E-state index contributed by atoms with van der Waals surface area (Å²) in [6.45, 7) is 3.34. The molecule has 2 heteroatoms. The minimum absolute atomic E-state index is 0.389. The Hall–Kier alpha value is -1.02. The van der Waals surface area contributed by atoms with Gasteiger partial charge < -0.3 is 10.1 Å². The molecule has 2 nitrogen and oxygen atoms in total. The third kappa shape index (κ3) is 4.04. The van der Waals surface area contributed by atoms with Crippen molar-refractivity contribution in [3.05, 3.63) is 30.3 Å². The molecular formula is C15H23NO. The lowest BCUT2D eigenvalue weighted by molar-refractivity contribution is 0.135. The van der Waals surface area contributed by atoms with Gasteiger partial charge in [0.1, 0.15) is 11.9 Å². The van der Waals surface area contributed by atoms with Crippen LogP contribution in [0.2, 0.25) is 0 Å². The van der Waals surface area contributed by atoms with E-state index >= 15 is 0 Å². The summed E-state index contributed by atoms with van der Waals surface area (Å²) < 4.78 is 6.03. The third-order valence-corrected chi connectivity index (χ3v) is 3.36. The lowest BCUT2D eigenvalue weighted by atomic mass is 9.92. The van der Waals surface area contributed by atoms with Crippen LogP contribution in [-0.2, 0) is 0 Å². The number of hydrogen-bond donors (Lipinski definition) is 1. The minimum atomic E-state index is 0.389. The summed E-state index contributed by atoms with van der Waals surface area (Å²) in [5, 5.41) is 3.61. The van der Waals surface area contributed by atoms with Crippen LogP contribution in [0.15, 0.2) is 30.3 Å². The number of para-hydroxylation sites is 1. The average Bonchev–Trinajstić information content (AvgIpc) is 2.38. The first-order valence-electron chi connectivity index (χ1n) is 6.83. The Balaban J connectivity index is 1.81. The summed E-state index contributed by atoms with van der Waals surface area (Å²) in [6, 6.07) is 10.8. The van der Waals surface area contributed by atoms with Crippen molar-refractivity contribution in [1.29, 1.82) is 0 Å². The van der Waals surface area contributed by atoms with Gasteiger partial charge in [-0.25, -0.2) is 0 Å². The first-order valence-corrected chi connectivity index (χ1v) is 6.83. The van der Waals surface area contributed by atoms with E-state index in [2.05, 4.69) is 12.2 Å². The van der Waals surface area contributed by atoms with E-state index in [9.17, 15) is 0 Å². The normalized spacial score (nSPS) is 24.5. The van der Waals surface area contributed by atoms with Crippen molar-refractivity contribution in [2.75, 3.05) is 6.54 Å². The molecule has 1 saturated carbocycles. The molecule has 0 aromatic heterocycles. The molecule has 0 heterocycles. The molecule has 1 fully saturated rings. The van der Waals surface area contributed by atoms with Crippen LogP contribution in [0.5, 0.6) is 5.75 Å². The molecule has 0 amide bonds. The Morgan fingerprint density at radius 3 is 2.82 bits per heavy atom. The molecule has 2 atom stereocenters. The maximum Gasteiger partial charge on any atom is 0.119 e. The van der Waals surface area contributed by atoms with Crippen LogP contribution < -0.4 is 10.1 Å². The second-order valence-electron chi connectivity index (χ2n) is 4.87. The van der Waals surface area contributed by atoms with E-state index in [4.69, 9.17) is 4.74 Å². The molecule has 2 unspecified atom stereocenters. The summed E-state index contributed by atoms with van der Waals surface area (Å²) in [7, 11) is 0. The second-order valence-corrected chi connectivity index (χ2v) is 4.87. The highest BCUT2D eigenvalue weighted by atomic mass is 16.5. The molecule has 0 radical (unpaired) electrons. The zero-order valence-corrected chi connectivity index (χ0v) is 10.7. The fourth-order valence-electron chi connectivity index (χ4n) is 2.48. The van der Waals surface area contributed by atoms with E-state index < -0.39 is 0 Å². The summed E-state index contributed by atoms with van der Waals surface area (Å²) in [5.74, 6) is 1.01. The summed E-state index contributed by atoms with van der Waals surface area (Å²) in [6.07, 6.45) is 6.52. The quantitative estimate of drug-likeness (QED) is 0.842. The topological polar surface area (TPSA) is 21.3 Å². The van der Waals surface area contributed by atoms with E-state index in [0.717, 1.165) is 18.7 Å². The van der Waals surface area contributed by atoms with Gasteiger partial charge in [-0.15, -0.1) is 0 Å². The van der Waals surface area contributed by atoms with Crippen molar-refractivity contribution >= 4 is 0 Å². The molecule has 1 aliphatic carbocycles. The van der Waals surface area contributed by atoms with Gasteiger partial charge in [0.05, 0.1) is 0 Å². The average molecular weight is 233 g/mol. The van der Waals surface area contributed by atoms with Crippen LogP contribution in [0.25, 0.3) is 0 Å². The summed E-state index contributed by atoms with van der Waals surface area (Å²) in [5.41, 5.74) is 0. The van der Waals surface area contributed by atoms with Gasteiger partial charge in [0.25, 0.3) is 0 Å². The van der Waals surface area contributed by atoms with Crippen LogP contribution in [0, 0.1) is 0 Å². The Morgan fingerprint density at radius 1 is 1.24 bits per heavy atom. The molecule has 0 aliphatic heterocycles. The van der Waals surface area contributed by atoms with Crippen molar-refractivity contribution in [2.24, 2.45) is 0 Å². The predicted molar refractivity (Wildman–Crippen MR) is 71.4 cm³/mol. The molecule has 1 N–H and O–H groups in total. The zero-order valence-electron chi connectivity index (χ0n) is 10.7. The Bertz CT molecular complexity index is 312. The fourth-order valence-corrected chi connectivity index (χ4v) is 2.48. The van der Waals surface area contributed by atoms with Gasteiger partial charge in [0.2, 0.25) is 0 Å². The van der Waals surface area contributed by atoms with Gasteiger partial charge in [0.15, 0.2) is 0 Å². The van der Waals surface area contributed by atoms with Crippen LogP contribution in [0.3, 0.4) is 0 Å². The van der Waals surface area contributed by atoms with Crippen LogP contribution in [0.1, 0.15) is 39.0 Å². The van der Waals surface area contributed by atoms with Crippen LogP contribution in [-0.4, -0.2) is 18.7 Å². The van der Waals surface area contributed by atoms with Gasteiger partial charge in [-0.2, -0.15) is 0 Å². The maximum absolute atomic E-state index is 6.03. The molecule has 1 aliphatic rings. The SMILES string of the molecule is CCCNC1CCCC(Oc2ccccc2)C1. The van der Waals surface area contributed by atoms with Gasteiger partial charge in [-0.3, -0.25) is 0 Å². The van der Waals surface area contributed by atoms with E-state index in [1.165, 1.54) is 25.7 Å². The van der Waals surface area contributed by atoms with Crippen LogP contribution >= 0.6 is 0 Å². The lowest BCUT2D eigenvalue weighted by Gasteiger charge is -2.30.